The van der Waals surface area contributed by atoms with Crippen LogP contribution in [0.1, 0.15) is 11.3 Å². The van der Waals surface area contributed by atoms with Gasteiger partial charge in [-0.2, -0.15) is 5.26 Å². The summed E-state index contributed by atoms with van der Waals surface area (Å²) in [7, 11) is 0. The van der Waals surface area contributed by atoms with Crippen molar-refractivity contribution in [1.29, 1.82) is 5.26 Å². The molecule has 0 unspecified atom stereocenters. The molecule has 0 N–H and O–H groups in total. The highest BCUT2D eigenvalue weighted by molar-refractivity contribution is 9.10. The summed E-state index contributed by atoms with van der Waals surface area (Å²) in [6.45, 7) is 1.86. The lowest BCUT2D eigenvalue weighted by molar-refractivity contribution is 1.21. The third-order valence-electron chi connectivity index (χ3n) is 1.21. The fraction of sp³-hybridized carbons (Fsp3) is 0.143. The van der Waals surface area contributed by atoms with Crippen molar-refractivity contribution in [2.24, 2.45) is 0 Å². The summed E-state index contributed by atoms with van der Waals surface area (Å²) in [5.74, 6) is 0. The minimum Gasteiger partial charge on any atom is -0.224 e. The van der Waals surface area contributed by atoms with Crippen molar-refractivity contribution in [3.63, 3.8) is 0 Å². The average molecular weight is 231 g/mol. The van der Waals surface area contributed by atoms with Gasteiger partial charge < -0.3 is 0 Å². The minimum absolute atomic E-state index is 0.329. The Morgan fingerprint density at radius 3 is 2.91 bits per heavy atom. The normalized spacial score (nSPS) is 9.27. The van der Waals surface area contributed by atoms with Gasteiger partial charge in [0, 0.05) is 0 Å². The van der Waals surface area contributed by atoms with Crippen LogP contribution < -0.4 is 0 Å². The number of nitrogens with zero attached hydrogens (tertiary/aromatic N) is 2. The summed E-state index contributed by atoms with van der Waals surface area (Å²) in [5, 5.41) is 8.92. The molecule has 0 aromatic carbocycles. The summed E-state index contributed by atoms with van der Waals surface area (Å²) in [4.78, 5) is 3.81. The molecule has 0 aliphatic carbocycles. The monoisotopic (exact) mass is 230 g/mol. The fourth-order valence-electron chi connectivity index (χ4n) is 0.691. The number of nitriles is 1. The Morgan fingerprint density at radius 1 is 1.73 bits per heavy atom. The standard InChI is InChI=1S/C7H4BrClN2/c1-4-2-6(9)11-5(3-10)7(4)8/h2H,1H3. The van der Waals surface area contributed by atoms with Crippen LogP contribution >= 0.6 is 27.5 Å². The largest absolute Gasteiger partial charge is 0.224 e. The van der Waals surface area contributed by atoms with Gasteiger partial charge in [-0.25, -0.2) is 4.98 Å². The van der Waals surface area contributed by atoms with Gasteiger partial charge in [-0.15, -0.1) is 0 Å². The molecule has 0 aliphatic heterocycles. The number of aromatic nitrogens is 1. The molecule has 0 bridgehead atoms. The Labute approximate surface area is 77.9 Å². The number of pyridine rings is 1. The highest BCUT2D eigenvalue weighted by Crippen LogP contribution is 2.21. The molecule has 0 amide bonds. The molecule has 11 heavy (non-hydrogen) atoms. The molecule has 1 aromatic rings. The highest BCUT2D eigenvalue weighted by atomic mass is 79.9. The molecule has 0 aliphatic rings. The molecule has 0 saturated heterocycles. The third-order valence-corrected chi connectivity index (χ3v) is 2.41. The molecule has 1 heterocycles. The van der Waals surface area contributed by atoms with Crippen molar-refractivity contribution < 1.29 is 0 Å². The molecule has 2 nitrogen and oxygen atoms in total. The Kier molecular flexibility index (Phi) is 2.48. The Balaban J connectivity index is 3.39. The second-order valence-electron chi connectivity index (χ2n) is 2.04. The summed E-state index contributed by atoms with van der Waals surface area (Å²) >= 11 is 8.85. The summed E-state index contributed by atoms with van der Waals surface area (Å²) < 4.78 is 0.712. The van der Waals surface area contributed by atoms with E-state index in [2.05, 4.69) is 20.9 Å². The molecule has 56 valence electrons. The van der Waals surface area contributed by atoms with Crippen LogP contribution in [0, 0.1) is 18.3 Å². The van der Waals surface area contributed by atoms with Gasteiger partial charge in [0.1, 0.15) is 11.2 Å². The predicted molar refractivity (Wildman–Crippen MR) is 46.4 cm³/mol. The predicted octanol–water partition coefficient (Wildman–Crippen LogP) is 2.68. The first-order valence-corrected chi connectivity index (χ1v) is 4.05. The number of hydrogen-bond acceptors (Lipinski definition) is 2. The van der Waals surface area contributed by atoms with Crippen molar-refractivity contribution in [3.8, 4) is 6.07 Å². The van der Waals surface area contributed by atoms with E-state index < -0.39 is 0 Å². The number of hydrogen-bond donors (Lipinski definition) is 0. The first-order valence-electron chi connectivity index (χ1n) is 2.88. The van der Waals surface area contributed by atoms with Crippen LogP contribution in [0.15, 0.2) is 10.5 Å². The molecule has 0 fully saturated rings. The first kappa shape index (κ1) is 8.51. The van der Waals surface area contributed by atoms with Crippen molar-refractivity contribution in [3.05, 3.63) is 26.9 Å². The maximum absolute atomic E-state index is 8.57. The van der Waals surface area contributed by atoms with E-state index in [-0.39, 0.29) is 0 Å². The summed E-state index contributed by atoms with van der Waals surface area (Å²) in [6.07, 6.45) is 0. The molecule has 1 aromatic heterocycles. The molecule has 0 atom stereocenters. The van der Waals surface area contributed by atoms with Crippen molar-refractivity contribution in [2.45, 2.75) is 6.92 Å². The third kappa shape index (κ3) is 1.70. The van der Waals surface area contributed by atoms with E-state index in [0.717, 1.165) is 5.56 Å². The lowest BCUT2D eigenvalue weighted by Gasteiger charge is -1.98. The van der Waals surface area contributed by atoms with Gasteiger partial charge in [-0.05, 0) is 34.5 Å². The average Bonchev–Trinajstić information content (AvgIpc) is 1.96. The number of aryl methyl sites for hydroxylation is 1. The van der Waals surface area contributed by atoms with E-state index in [1.54, 1.807) is 6.07 Å². The molecule has 4 heteroatoms. The molecule has 0 saturated carbocycles. The zero-order valence-electron chi connectivity index (χ0n) is 5.73. The SMILES string of the molecule is Cc1cc(Cl)nc(C#N)c1Br. The zero-order chi connectivity index (χ0) is 8.43. The van der Waals surface area contributed by atoms with Gasteiger partial charge in [-0.3, -0.25) is 0 Å². The molecule has 1 rings (SSSR count). The Hall–Kier alpha value is -0.590. The molecule has 0 spiro atoms. The van der Waals surface area contributed by atoms with E-state index >= 15 is 0 Å². The Bertz CT molecular complexity index is 330. The lowest BCUT2D eigenvalue weighted by Crippen LogP contribution is -1.88. The number of rotatable bonds is 0. The van der Waals surface area contributed by atoms with Crippen molar-refractivity contribution in [1.82, 2.24) is 4.98 Å². The van der Waals surface area contributed by atoms with Crippen LogP contribution in [0.5, 0.6) is 0 Å². The van der Waals surface area contributed by atoms with E-state index in [1.165, 1.54) is 0 Å². The zero-order valence-corrected chi connectivity index (χ0v) is 8.07. The molecular formula is C7H4BrClN2. The van der Waals surface area contributed by atoms with Crippen LogP contribution in [0.2, 0.25) is 5.15 Å². The lowest BCUT2D eigenvalue weighted by atomic mass is 10.2. The van der Waals surface area contributed by atoms with Crippen LogP contribution in [-0.2, 0) is 0 Å². The van der Waals surface area contributed by atoms with E-state index in [0.29, 0.717) is 15.3 Å². The van der Waals surface area contributed by atoms with Gasteiger partial charge in [0.2, 0.25) is 0 Å². The molecular weight excluding hydrogens is 227 g/mol. The van der Waals surface area contributed by atoms with Crippen LogP contribution in [0.4, 0.5) is 0 Å². The van der Waals surface area contributed by atoms with Crippen LogP contribution in [-0.4, -0.2) is 4.98 Å². The molecule has 0 radical (unpaired) electrons. The second kappa shape index (κ2) is 3.21. The fourth-order valence-corrected chi connectivity index (χ4v) is 1.23. The van der Waals surface area contributed by atoms with Crippen LogP contribution in [0.3, 0.4) is 0 Å². The second-order valence-corrected chi connectivity index (χ2v) is 3.22. The highest BCUT2D eigenvalue weighted by Gasteiger charge is 2.04. The van der Waals surface area contributed by atoms with Crippen molar-refractivity contribution in [2.75, 3.05) is 0 Å². The van der Waals surface area contributed by atoms with Gasteiger partial charge in [0.15, 0.2) is 5.69 Å². The quantitative estimate of drug-likeness (QED) is 0.644. The van der Waals surface area contributed by atoms with Gasteiger partial charge >= 0.3 is 0 Å². The van der Waals surface area contributed by atoms with Crippen LogP contribution in [0.25, 0.3) is 0 Å². The first-order chi connectivity index (χ1) is 5.15. The minimum atomic E-state index is 0.329. The van der Waals surface area contributed by atoms with Crippen molar-refractivity contribution >= 4 is 27.5 Å². The van der Waals surface area contributed by atoms with Gasteiger partial charge in [0.25, 0.3) is 0 Å². The topological polar surface area (TPSA) is 36.7 Å². The maximum atomic E-state index is 8.57. The summed E-state index contributed by atoms with van der Waals surface area (Å²) in [5.41, 5.74) is 1.25. The van der Waals surface area contributed by atoms with E-state index in [4.69, 9.17) is 16.9 Å². The van der Waals surface area contributed by atoms with E-state index in [9.17, 15) is 0 Å². The maximum Gasteiger partial charge on any atom is 0.156 e. The smallest absolute Gasteiger partial charge is 0.156 e. The van der Waals surface area contributed by atoms with Gasteiger partial charge in [-0.1, -0.05) is 11.6 Å². The van der Waals surface area contributed by atoms with E-state index in [1.807, 2.05) is 13.0 Å². The van der Waals surface area contributed by atoms with Gasteiger partial charge in [0.05, 0.1) is 4.47 Å². The Morgan fingerprint density at radius 2 is 2.36 bits per heavy atom. The number of halogens is 2. The summed E-state index contributed by atoms with van der Waals surface area (Å²) in [6, 6.07) is 3.64.